The van der Waals surface area contributed by atoms with Crippen LogP contribution in [0.1, 0.15) is 12.5 Å². The molecule has 0 aliphatic rings. The molecule has 1 rings (SSSR count). The molecule has 0 radical (unpaired) electrons. The highest BCUT2D eigenvalue weighted by atomic mass is 32.2. The molecule has 0 aliphatic heterocycles. The summed E-state index contributed by atoms with van der Waals surface area (Å²) in [4.78, 5) is 10.5. The molecule has 0 spiro atoms. The van der Waals surface area contributed by atoms with Gasteiger partial charge in [0.05, 0.1) is 4.90 Å². The summed E-state index contributed by atoms with van der Waals surface area (Å²) in [6.45, 7) is 1.86. The lowest BCUT2D eigenvalue weighted by molar-refractivity contribution is -0.131. The van der Waals surface area contributed by atoms with Crippen LogP contribution in [0.25, 0.3) is 6.08 Å². The van der Waals surface area contributed by atoms with E-state index in [1.807, 2.05) is 0 Å². The molecule has 0 aromatic heterocycles. The van der Waals surface area contributed by atoms with Crippen molar-refractivity contribution in [3.05, 3.63) is 35.9 Å². The van der Waals surface area contributed by atoms with Gasteiger partial charge >= 0.3 is 5.97 Å². The normalized spacial score (nSPS) is 13.4. The predicted octanol–water partition coefficient (Wildman–Crippen LogP) is 0.831. The zero-order chi connectivity index (χ0) is 15.9. The van der Waals surface area contributed by atoms with Gasteiger partial charge in [-0.1, -0.05) is 19.1 Å². The highest BCUT2D eigenvalue weighted by Crippen LogP contribution is 2.12. The monoisotopic (exact) mass is 331 g/mol. The SMILES string of the molecule is CCS(=O)CCNS(=O)(=O)c1cccc(/C=C/C(=O)O)c1. The minimum atomic E-state index is -3.69. The van der Waals surface area contributed by atoms with Crippen LogP contribution in [0.15, 0.2) is 35.2 Å². The van der Waals surface area contributed by atoms with Crippen LogP contribution in [0.2, 0.25) is 0 Å². The van der Waals surface area contributed by atoms with Crippen molar-refractivity contribution in [1.29, 1.82) is 0 Å². The van der Waals surface area contributed by atoms with Crippen molar-refractivity contribution in [3.8, 4) is 0 Å². The molecule has 0 amide bonds. The van der Waals surface area contributed by atoms with E-state index in [4.69, 9.17) is 5.11 Å². The fourth-order valence-electron chi connectivity index (χ4n) is 1.47. The molecule has 8 heteroatoms. The molecule has 1 aromatic carbocycles. The van der Waals surface area contributed by atoms with Crippen LogP contribution in [-0.2, 0) is 25.6 Å². The summed E-state index contributed by atoms with van der Waals surface area (Å²) in [7, 11) is -4.73. The molecular weight excluding hydrogens is 314 g/mol. The molecule has 6 nitrogen and oxygen atoms in total. The second-order valence-corrected chi connectivity index (χ2v) is 7.71. The predicted molar refractivity (Wildman–Crippen MR) is 81.9 cm³/mol. The Morgan fingerprint density at radius 1 is 1.43 bits per heavy atom. The minimum Gasteiger partial charge on any atom is -0.478 e. The van der Waals surface area contributed by atoms with Gasteiger partial charge in [0, 0.05) is 34.9 Å². The molecule has 0 heterocycles. The Balaban J connectivity index is 2.81. The number of aliphatic carboxylic acids is 1. The van der Waals surface area contributed by atoms with Crippen LogP contribution in [-0.4, -0.2) is 41.8 Å². The summed E-state index contributed by atoms with van der Waals surface area (Å²) in [5.74, 6) is -0.366. The van der Waals surface area contributed by atoms with Crippen LogP contribution in [0.4, 0.5) is 0 Å². The van der Waals surface area contributed by atoms with Gasteiger partial charge in [-0.05, 0) is 23.8 Å². The van der Waals surface area contributed by atoms with Crippen molar-refractivity contribution in [3.63, 3.8) is 0 Å². The molecule has 2 N–H and O–H groups in total. The largest absolute Gasteiger partial charge is 0.478 e. The molecule has 1 aromatic rings. The number of hydrogen-bond acceptors (Lipinski definition) is 4. The standard InChI is InChI=1S/C13H17NO5S2/c1-2-20(17)9-8-14-21(18,19)12-5-3-4-11(10-12)6-7-13(15)16/h3-7,10,14H,2,8-9H2,1H3,(H,15,16)/b7-6+. The zero-order valence-electron chi connectivity index (χ0n) is 11.5. The maximum Gasteiger partial charge on any atom is 0.328 e. The van der Waals surface area contributed by atoms with Gasteiger partial charge in [-0.3, -0.25) is 4.21 Å². The third kappa shape index (κ3) is 6.19. The Morgan fingerprint density at radius 2 is 2.14 bits per heavy atom. The lowest BCUT2D eigenvalue weighted by Crippen LogP contribution is -2.28. The van der Waals surface area contributed by atoms with E-state index in [1.165, 1.54) is 24.3 Å². The molecule has 0 aliphatic carbocycles. The van der Waals surface area contributed by atoms with Crippen LogP contribution in [0.5, 0.6) is 0 Å². The van der Waals surface area contributed by atoms with Gasteiger partial charge in [-0.15, -0.1) is 0 Å². The Morgan fingerprint density at radius 3 is 2.76 bits per heavy atom. The maximum absolute atomic E-state index is 12.0. The number of carbonyl (C=O) groups is 1. The average molecular weight is 331 g/mol. The number of benzene rings is 1. The first-order chi connectivity index (χ1) is 9.85. The number of sulfonamides is 1. The van der Waals surface area contributed by atoms with Crippen molar-refractivity contribution < 1.29 is 22.5 Å². The number of carboxylic acids is 1. The van der Waals surface area contributed by atoms with E-state index in [-0.39, 0.29) is 17.2 Å². The smallest absolute Gasteiger partial charge is 0.328 e. The third-order valence-corrected chi connectivity index (χ3v) is 5.29. The van der Waals surface area contributed by atoms with E-state index in [2.05, 4.69) is 4.72 Å². The van der Waals surface area contributed by atoms with Gasteiger partial charge in [-0.25, -0.2) is 17.9 Å². The van der Waals surface area contributed by atoms with E-state index in [9.17, 15) is 17.4 Å². The zero-order valence-corrected chi connectivity index (χ0v) is 13.1. The summed E-state index contributed by atoms with van der Waals surface area (Å²) >= 11 is 0. The molecule has 116 valence electrons. The summed E-state index contributed by atoms with van der Waals surface area (Å²) in [6, 6.07) is 5.92. The second kappa shape index (κ2) is 8.06. The Bertz CT molecular complexity index is 652. The Kier molecular flexibility index (Phi) is 6.73. The first-order valence-corrected chi connectivity index (χ1v) is 9.18. The fraction of sp³-hybridized carbons (Fsp3) is 0.308. The van der Waals surface area contributed by atoms with Crippen molar-refractivity contribution in [1.82, 2.24) is 4.72 Å². The number of nitrogens with one attached hydrogen (secondary N) is 1. The average Bonchev–Trinajstić information content (AvgIpc) is 2.45. The summed E-state index contributed by atoms with van der Waals surface area (Å²) in [6.07, 6.45) is 2.25. The van der Waals surface area contributed by atoms with Crippen LogP contribution < -0.4 is 4.72 Å². The molecule has 0 saturated carbocycles. The van der Waals surface area contributed by atoms with Gasteiger partial charge in [0.25, 0.3) is 0 Å². The first-order valence-electron chi connectivity index (χ1n) is 6.21. The van der Waals surface area contributed by atoms with Crippen molar-refractivity contribution in [2.24, 2.45) is 0 Å². The summed E-state index contributed by atoms with van der Waals surface area (Å²) < 4.78 is 37.7. The molecule has 0 saturated heterocycles. The minimum absolute atomic E-state index is 0.0392. The summed E-state index contributed by atoms with van der Waals surface area (Å²) in [5.41, 5.74) is 0.470. The molecule has 0 bridgehead atoms. The van der Waals surface area contributed by atoms with Gasteiger partial charge in [0.1, 0.15) is 0 Å². The van der Waals surface area contributed by atoms with E-state index >= 15 is 0 Å². The highest BCUT2D eigenvalue weighted by molar-refractivity contribution is 7.89. The van der Waals surface area contributed by atoms with Crippen LogP contribution in [0.3, 0.4) is 0 Å². The lowest BCUT2D eigenvalue weighted by Gasteiger charge is -2.07. The van der Waals surface area contributed by atoms with Gasteiger partial charge < -0.3 is 5.11 Å². The molecular formula is C13H17NO5S2. The van der Waals surface area contributed by atoms with E-state index in [1.54, 1.807) is 13.0 Å². The maximum atomic E-state index is 12.0. The van der Waals surface area contributed by atoms with Crippen molar-refractivity contribution >= 4 is 32.9 Å². The number of hydrogen-bond donors (Lipinski definition) is 2. The number of rotatable bonds is 8. The van der Waals surface area contributed by atoms with Crippen molar-refractivity contribution in [2.75, 3.05) is 18.1 Å². The van der Waals surface area contributed by atoms with E-state index in [0.717, 1.165) is 6.08 Å². The van der Waals surface area contributed by atoms with Crippen molar-refractivity contribution in [2.45, 2.75) is 11.8 Å². The number of carboxylic acid groups (broad SMARTS) is 1. The van der Waals surface area contributed by atoms with Gasteiger partial charge in [0.15, 0.2) is 0 Å². The van der Waals surface area contributed by atoms with Gasteiger partial charge in [0.2, 0.25) is 10.0 Å². The van der Waals surface area contributed by atoms with Crippen LogP contribution in [0, 0.1) is 0 Å². The van der Waals surface area contributed by atoms with E-state index < -0.39 is 26.8 Å². The molecule has 1 atom stereocenters. The van der Waals surface area contributed by atoms with Crippen LogP contribution >= 0.6 is 0 Å². The third-order valence-electron chi connectivity index (χ3n) is 2.53. The second-order valence-electron chi connectivity index (χ2n) is 4.07. The fourth-order valence-corrected chi connectivity index (χ4v) is 3.30. The Hall–Kier alpha value is -1.51. The summed E-state index contributed by atoms with van der Waals surface area (Å²) in [5, 5.41) is 8.55. The lowest BCUT2D eigenvalue weighted by atomic mass is 10.2. The topological polar surface area (TPSA) is 101 Å². The van der Waals surface area contributed by atoms with Gasteiger partial charge in [-0.2, -0.15) is 0 Å². The molecule has 21 heavy (non-hydrogen) atoms. The van der Waals surface area contributed by atoms with E-state index in [0.29, 0.717) is 11.3 Å². The Labute approximate surface area is 126 Å². The first kappa shape index (κ1) is 17.5. The molecule has 1 unspecified atom stereocenters. The molecule has 0 fully saturated rings. The quantitative estimate of drug-likeness (QED) is 0.687. The highest BCUT2D eigenvalue weighted by Gasteiger charge is 2.13.